The molecule has 0 aromatic carbocycles. The number of nitrogens with one attached hydrogen (secondary N) is 1. The first-order valence-electron chi connectivity index (χ1n) is 5.12. The fourth-order valence-corrected chi connectivity index (χ4v) is 1.13. The maximum absolute atomic E-state index is 11.7. The van der Waals surface area contributed by atoms with Crippen LogP contribution in [0.15, 0.2) is 11.0 Å². The van der Waals surface area contributed by atoms with E-state index in [9.17, 15) is 4.79 Å². The van der Waals surface area contributed by atoms with Gasteiger partial charge in [0.2, 0.25) is 0 Å². The summed E-state index contributed by atoms with van der Waals surface area (Å²) in [6.45, 7) is 6.06. The number of rotatable bonds is 1. The maximum Gasteiger partial charge on any atom is 0.291 e. The van der Waals surface area contributed by atoms with Gasteiger partial charge in [-0.05, 0) is 20.8 Å². The summed E-state index contributed by atoms with van der Waals surface area (Å²) in [5, 5.41) is 6.81. The maximum atomic E-state index is 11.7. The van der Waals surface area contributed by atoms with Crippen molar-refractivity contribution in [2.45, 2.75) is 20.8 Å². The Morgan fingerprint density at radius 2 is 2.06 bits per heavy atom. The van der Waals surface area contributed by atoms with E-state index in [0.717, 1.165) is 0 Å². The second-order valence-corrected chi connectivity index (χ2v) is 4.61. The lowest BCUT2D eigenvalue weighted by molar-refractivity contribution is 0.571. The van der Waals surface area contributed by atoms with Gasteiger partial charge in [-0.2, -0.15) is 5.10 Å². The molecule has 0 radical (unpaired) electrons. The molecule has 0 spiro atoms. The van der Waals surface area contributed by atoms with Gasteiger partial charge in [-0.15, -0.1) is 0 Å². The summed E-state index contributed by atoms with van der Waals surface area (Å²) in [7, 11) is 3.32. The number of nitrogens with zero attached hydrogens (tertiary/aromatic N) is 2. The van der Waals surface area contributed by atoms with Crippen molar-refractivity contribution in [1.29, 1.82) is 0 Å². The van der Waals surface area contributed by atoms with Gasteiger partial charge in [-0.25, -0.2) is 4.68 Å². The number of aryl methyl sites for hydroxylation is 1. The molecule has 4 nitrogen and oxygen atoms in total. The lowest BCUT2D eigenvalue weighted by Crippen LogP contribution is -2.23. The third-order valence-electron chi connectivity index (χ3n) is 1.96. The topological polar surface area (TPSA) is 46.9 Å². The molecular weight excluding hydrogens is 202 g/mol. The molecule has 1 N–H and O–H groups in total. The van der Waals surface area contributed by atoms with Crippen molar-refractivity contribution in [3.05, 3.63) is 22.1 Å². The van der Waals surface area contributed by atoms with Crippen molar-refractivity contribution in [3.63, 3.8) is 0 Å². The van der Waals surface area contributed by atoms with Gasteiger partial charge in [0.05, 0.1) is 11.8 Å². The zero-order chi connectivity index (χ0) is 12.3. The largest absolute Gasteiger partial charge is 0.383 e. The Balaban J connectivity index is 3.30. The van der Waals surface area contributed by atoms with Gasteiger partial charge in [0.25, 0.3) is 5.56 Å². The van der Waals surface area contributed by atoms with E-state index in [1.54, 1.807) is 20.3 Å². The van der Waals surface area contributed by atoms with Gasteiger partial charge in [-0.1, -0.05) is 11.8 Å². The van der Waals surface area contributed by atoms with E-state index in [1.807, 2.05) is 20.8 Å². The molecule has 0 saturated carbocycles. The third-order valence-corrected chi connectivity index (χ3v) is 1.96. The lowest BCUT2D eigenvalue weighted by Gasteiger charge is -2.08. The number of hydrogen-bond donors (Lipinski definition) is 1. The second-order valence-electron chi connectivity index (χ2n) is 4.61. The molecule has 0 unspecified atom stereocenters. The second kappa shape index (κ2) is 4.40. The molecule has 1 aromatic heterocycles. The van der Waals surface area contributed by atoms with Gasteiger partial charge in [0.1, 0.15) is 5.69 Å². The summed E-state index contributed by atoms with van der Waals surface area (Å²) in [5.41, 5.74) is 0.879. The van der Waals surface area contributed by atoms with Crippen molar-refractivity contribution in [3.8, 4) is 11.8 Å². The van der Waals surface area contributed by atoms with E-state index in [2.05, 4.69) is 22.3 Å². The Morgan fingerprint density at radius 1 is 1.44 bits per heavy atom. The first kappa shape index (κ1) is 12.3. The highest BCUT2D eigenvalue weighted by Gasteiger charge is 2.08. The van der Waals surface area contributed by atoms with Crippen molar-refractivity contribution in [2.75, 3.05) is 12.4 Å². The first-order valence-corrected chi connectivity index (χ1v) is 5.12. The van der Waals surface area contributed by atoms with Crippen LogP contribution in [0.3, 0.4) is 0 Å². The van der Waals surface area contributed by atoms with Crippen LogP contribution < -0.4 is 10.9 Å². The van der Waals surface area contributed by atoms with Crippen molar-refractivity contribution < 1.29 is 0 Å². The zero-order valence-corrected chi connectivity index (χ0v) is 10.4. The number of hydrogen-bond acceptors (Lipinski definition) is 3. The van der Waals surface area contributed by atoms with E-state index in [4.69, 9.17) is 0 Å². The molecule has 0 bridgehead atoms. The summed E-state index contributed by atoms with van der Waals surface area (Å²) in [6, 6.07) is 0. The highest BCUT2D eigenvalue weighted by Crippen LogP contribution is 2.12. The molecular formula is C12H17N3O. The highest BCUT2D eigenvalue weighted by atomic mass is 16.1. The van der Waals surface area contributed by atoms with E-state index in [1.165, 1.54) is 4.68 Å². The normalized spacial score (nSPS) is 10.6. The van der Waals surface area contributed by atoms with Gasteiger partial charge < -0.3 is 5.32 Å². The van der Waals surface area contributed by atoms with Gasteiger partial charge in [0, 0.05) is 19.5 Å². The van der Waals surface area contributed by atoms with Crippen LogP contribution in [0.2, 0.25) is 0 Å². The third kappa shape index (κ3) is 2.86. The van der Waals surface area contributed by atoms with Crippen molar-refractivity contribution in [1.82, 2.24) is 9.78 Å². The minimum atomic E-state index is -0.164. The first-order chi connectivity index (χ1) is 7.35. The molecule has 0 saturated heterocycles. The summed E-state index contributed by atoms with van der Waals surface area (Å²) in [4.78, 5) is 11.7. The molecule has 86 valence electrons. The predicted molar refractivity (Wildman–Crippen MR) is 65.4 cm³/mol. The van der Waals surface area contributed by atoms with E-state index < -0.39 is 0 Å². The van der Waals surface area contributed by atoms with Gasteiger partial charge in [-0.3, -0.25) is 4.79 Å². The zero-order valence-electron chi connectivity index (χ0n) is 10.4. The van der Waals surface area contributed by atoms with Gasteiger partial charge >= 0.3 is 0 Å². The van der Waals surface area contributed by atoms with Crippen LogP contribution in [0, 0.1) is 17.3 Å². The molecule has 1 aromatic rings. The summed E-state index contributed by atoms with van der Waals surface area (Å²) >= 11 is 0. The molecule has 1 heterocycles. The van der Waals surface area contributed by atoms with Crippen LogP contribution in [-0.2, 0) is 7.05 Å². The average molecular weight is 219 g/mol. The van der Waals surface area contributed by atoms with E-state index in [-0.39, 0.29) is 11.0 Å². The van der Waals surface area contributed by atoms with Crippen molar-refractivity contribution >= 4 is 5.69 Å². The van der Waals surface area contributed by atoms with Crippen LogP contribution in [0.4, 0.5) is 5.69 Å². The molecule has 1 rings (SSSR count). The van der Waals surface area contributed by atoms with Crippen LogP contribution in [-0.4, -0.2) is 16.8 Å². The smallest absolute Gasteiger partial charge is 0.291 e. The Kier molecular flexibility index (Phi) is 3.38. The molecule has 0 aliphatic heterocycles. The molecule has 16 heavy (non-hydrogen) atoms. The minimum absolute atomic E-state index is 0.0912. The molecule has 0 atom stereocenters. The average Bonchev–Trinajstić information content (AvgIpc) is 2.18. The molecule has 0 amide bonds. The molecule has 4 heteroatoms. The minimum Gasteiger partial charge on any atom is -0.383 e. The Hall–Kier alpha value is -1.76. The fraction of sp³-hybridized carbons (Fsp3) is 0.500. The fourth-order valence-electron chi connectivity index (χ4n) is 1.13. The SMILES string of the molecule is CNc1c(C#CC(C)(C)C)cnn(C)c1=O. The monoisotopic (exact) mass is 219 g/mol. The molecule has 0 aliphatic carbocycles. The summed E-state index contributed by atoms with van der Waals surface area (Å²) < 4.78 is 1.29. The van der Waals surface area contributed by atoms with Crippen molar-refractivity contribution in [2.24, 2.45) is 12.5 Å². The molecule has 0 fully saturated rings. The summed E-state index contributed by atoms with van der Waals surface area (Å²) in [6.07, 6.45) is 1.60. The number of aromatic nitrogens is 2. The lowest BCUT2D eigenvalue weighted by atomic mass is 9.97. The van der Waals surface area contributed by atoms with Crippen LogP contribution in [0.1, 0.15) is 26.3 Å². The Morgan fingerprint density at radius 3 is 2.56 bits per heavy atom. The van der Waals surface area contributed by atoms with Crippen LogP contribution in [0.25, 0.3) is 0 Å². The highest BCUT2D eigenvalue weighted by molar-refractivity contribution is 5.56. The van der Waals surface area contributed by atoms with E-state index in [0.29, 0.717) is 11.3 Å². The van der Waals surface area contributed by atoms with Crippen LogP contribution >= 0.6 is 0 Å². The number of anilines is 1. The quantitative estimate of drug-likeness (QED) is 0.722. The Labute approximate surface area is 95.7 Å². The predicted octanol–water partition coefficient (Wildman–Crippen LogP) is 1.22. The van der Waals surface area contributed by atoms with E-state index >= 15 is 0 Å². The Bertz CT molecular complexity index is 498. The van der Waals surface area contributed by atoms with Crippen LogP contribution in [0.5, 0.6) is 0 Å². The van der Waals surface area contributed by atoms with Gasteiger partial charge in [0.15, 0.2) is 0 Å². The summed E-state index contributed by atoms with van der Waals surface area (Å²) in [5.74, 6) is 6.07. The standard InChI is InChI=1S/C12H17N3O/c1-12(2,3)7-6-9-8-14-15(5)11(16)10(9)13-4/h8,13H,1-5H3. The molecule has 0 aliphatic rings.